The fourth-order valence-electron chi connectivity index (χ4n) is 1.93. The van der Waals surface area contributed by atoms with Crippen LogP contribution in [0.4, 0.5) is 0 Å². The molecule has 0 heterocycles. The van der Waals surface area contributed by atoms with Crippen molar-refractivity contribution in [1.82, 2.24) is 0 Å². The normalized spacial score (nSPS) is 11.4. The first kappa shape index (κ1) is 11.5. The monoisotopic (exact) mass is 221 g/mol. The molecule has 16 heavy (non-hydrogen) atoms. The summed E-state index contributed by atoms with van der Waals surface area (Å²) < 4.78 is 7.51. The van der Waals surface area contributed by atoms with Gasteiger partial charge in [0.05, 0.1) is 1.37 Å². The molecule has 0 saturated heterocycles. The third kappa shape index (κ3) is 5.20. The highest BCUT2D eigenvalue weighted by Gasteiger charge is 1.98. The van der Waals surface area contributed by atoms with Gasteiger partial charge in [0.1, 0.15) is 5.75 Å². The van der Waals surface area contributed by atoms with Crippen LogP contribution in [0.25, 0.3) is 0 Å². The van der Waals surface area contributed by atoms with Crippen molar-refractivity contribution >= 4 is 0 Å². The van der Waals surface area contributed by atoms with Gasteiger partial charge in [0.15, 0.2) is 0 Å². The fourth-order valence-corrected chi connectivity index (χ4v) is 1.93. The molecule has 0 saturated carbocycles. The number of hydrogen-bond donors (Lipinski definition) is 1. The summed E-state index contributed by atoms with van der Waals surface area (Å²) in [5.41, 5.74) is 0.922. The minimum atomic E-state index is 0.340. The van der Waals surface area contributed by atoms with Gasteiger partial charge in [-0.3, -0.25) is 0 Å². The molecule has 0 fully saturated rings. The van der Waals surface area contributed by atoms with Crippen molar-refractivity contribution in [2.24, 2.45) is 0 Å². The maximum absolute atomic E-state index is 9.62. The van der Waals surface area contributed by atoms with E-state index in [1.807, 2.05) is 0 Å². The van der Waals surface area contributed by atoms with Crippen molar-refractivity contribution < 1.29 is 6.48 Å². The zero-order valence-corrected chi connectivity index (χ0v) is 10.3. The number of benzene rings is 1. The smallest absolute Gasteiger partial charge is 0.118 e. The van der Waals surface area contributed by atoms with Gasteiger partial charge in [-0.15, -0.1) is 0 Å². The Balaban J connectivity index is 2.15. The zero-order chi connectivity index (χ0) is 12.5. The fraction of sp³-hybridized carbons (Fsp3) is 0.600. The van der Waals surface area contributed by atoms with Gasteiger partial charge in [0.2, 0.25) is 0 Å². The Labute approximate surface area is 101 Å². The predicted octanol–water partition coefficient (Wildman–Crippen LogP) is 4.69. The van der Waals surface area contributed by atoms with E-state index in [1.54, 1.807) is 18.2 Å². The predicted molar refractivity (Wildman–Crippen MR) is 69.8 cm³/mol. The lowest BCUT2D eigenvalue weighted by atomic mass is 10.0. The molecule has 0 radical (unpaired) electrons. The van der Waals surface area contributed by atoms with E-state index in [9.17, 15) is 5.11 Å². The Hall–Kier alpha value is -0.980. The molecule has 0 aliphatic rings. The molecule has 0 bridgehead atoms. The van der Waals surface area contributed by atoms with E-state index >= 15 is 0 Å². The first-order valence-electron chi connectivity index (χ1n) is 7.02. The molecule has 1 heteroatoms. The lowest BCUT2D eigenvalue weighted by Gasteiger charge is -2.04. The molecule has 1 rings (SSSR count). The van der Waals surface area contributed by atoms with Crippen molar-refractivity contribution in [1.29, 1.82) is 0 Å². The van der Waals surface area contributed by atoms with Crippen LogP contribution < -0.4 is 0 Å². The third-order valence-electron chi connectivity index (χ3n) is 2.97. The van der Waals surface area contributed by atoms with E-state index in [0.29, 0.717) is 11.8 Å². The summed E-state index contributed by atoms with van der Waals surface area (Å²) in [7, 11) is 0. The lowest BCUT2D eigenvalue weighted by Crippen LogP contribution is -1.87. The van der Waals surface area contributed by atoms with Crippen molar-refractivity contribution in [3.63, 3.8) is 0 Å². The largest absolute Gasteiger partial charge is 0.508 e. The minimum absolute atomic E-state index is 0.340. The summed E-state index contributed by atoms with van der Waals surface area (Å²) in [5.74, 6) is 0.340. The number of aromatic hydroxyl groups is 1. The molecular weight excluding hydrogens is 196 g/mol. The van der Waals surface area contributed by atoms with Crippen molar-refractivity contribution in [2.75, 3.05) is 0 Å². The number of phenols is 1. The van der Waals surface area contributed by atoms with Gasteiger partial charge >= 0.3 is 0 Å². The van der Waals surface area contributed by atoms with Crippen LogP contribution in [0.3, 0.4) is 0 Å². The standard InChI is InChI=1S/C15H24O/c1-2-3-4-5-6-7-8-11-14-12-9-10-13-15(14)16/h9-10,12-13,16H,2-8,11H2,1H3/i9D. The average Bonchev–Trinajstić information content (AvgIpc) is 2.32. The molecule has 1 aromatic rings. The summed E-state index contributed by atoms with van der Waals surface area (Å²) >= 11 is 0. The maximum atomic E-state index is 9.62. The maximum Gasteiger partial charge on any atom is 0.118 e. The molecule has 0 unspecified atom stereocenters. The van der Waals surface area contributed by atoms with Crippen molar-refractivity contribution in [2.45, 2.75) is 58.3 Å². The van der Waals surface area contributed by atoms with Crippen LogP contribution in [0.1, 0.15) is 58.8 Å². The Morgan fingerprint density at radius 3 is 2.50 bits per heavy atom. The third-order valence-corrected chi connectivity index (χ3v) is 2.97. The number of hydrogen-bond acceptors (Lipinski definition) is 1. The van der Waals surface area contributed by atoms with Gasteiger partial charge < -0.3 is 5.11 Å². The van der Waals surface area contributed by atoms with E-state index in [0.717, 1.165) is 18.4 Å². The van der Waals surface area contributed by atoms with Crippen LogP contribution in [0.5, 0.6) is 5.75 Å². The van der Waals surface area contributed by atoms with E-state index in [-0.39, 0.29) is 0 Å². The molecular formula is C15H24O. The second-order valence-electron chi connectivity index (χ2n) is 4.43. The summed E-state index contributed by atoms with van der Waals surface area (Å²) in [6.07, 6.45) is 9.86. The molecule has 90 valence electrons. The molecule has 0 aliphatic heterocycles. The number of aryl methyl sites for hydroxylation is 1. The summed E-state index contributed by atoms with van der Waals surface area (Å²) in [6, 6.07) is 5.51. The van der Waals surface area contributed by atoms with Crippen LogP contribution in [0.2, 0.25) is 0 Å². The Bertz CT molecular complexity index is 323. The van der Waals surface area contributed by atoms with Gasteiger partial charge in [0, 0.05) is 0 Å². The summed E-state index contributed by atoms with van der Waals surface area (Å²) in [5, 5.41) is 9.62. The summed E-state index contributed by atoms with van der Waals surface area (Å²) in [6.45, 7) is 2.23. The topological polar surface area (TPSA) is 20.2 Å². The number of para-hydroxylation sites is 1. The van der Waals surface area contributed by atoms with Crippen molar-refractivity contribution in [3.05, 3.63) is 29.8 Å². The molecule has 0 spiro atoms. The highest BCUT2D eigenvalue weighted by atomic mass is 16.3. The van der Waals surface area contributed by atoms with Crippen LogP contribution >= 0.6 is 0 Å². The van der Waals surface area contributed by atoms with E-state index in [1.165, 1.54) is 38.5 Å². The lowest BCUT2D eigenvalue weighted by molar-refractivity contribution is 0.466. The SMILES string of the molecule is [2H]c1ccc(O)c(CCCCCCCCC)c1. The molecule has 1 nitrogen and oxygen atoms in total. The van der Waals surface area contributed by atoms with Crippen LogP contribution in [0.15, 0.2) is 24.2 Å². The van der Waals surface area contributed by atoms with E-state index in [2.05, 4.69) is 6.92 Å². The first-order valence-corrected chi connectivity index (χ1v) is 6.52. The van der Waals surface area contributed by atoms with Crippen LogP contribution in [0, 0.1) is 0 Å². The molecule has 0 amide bonds. The highest BCUT2D eigenvalue weighted by molar-refractivity contribution is 5.31. The van der Waals surface area contributed by atoms with Crippen molar-refractivity contribution in [3.8, 4) is 5.75 Å². The second-order valence-corrected chi connectivity index (χ2v) is 4.43. The molecule has 1 aromatic carbocycles. The molecule has 0 atom stereocenters. The molecule has 0 aromatic heterocycles. The zero-order valence-electron chi connectivity index (χ0n) is 11.3. The van der Waals surface area contributed by atoms with Gasteiger partial charge in [-0.25, -0.2) is 0 Å². The van der Waals surface area contributed by atoms with E-state index in [4.69, 9.17) is 1.37 Å². The Morgan fingerprint density at radius 1 is 1.06 bits per heavy atom. The minimum Gasteiger partial charge on any atom is -0.508 e. The highest BCUT2D eigenvalue weighted by Crippen LogP contribution is 2.18. The second kappa shape index (κ2) is 8.20. The Kier molecular flexibility index (Phi) is 5.90. The molecule has 1 N–H and O–H groups in total. The van der Waals surface area contributed by atoms with Crippen LogP contribution in [-0.4, -0.2) is 5.11 Å². The summed E-state index contributed by atoms with van der Waals surface area (Å²) in [4.78, 5) is 0. The van der Waals surface area contributed by atoms with E-state index < -0.39 is 0 Å². The quantitative estimate of drug-likeness (QED) is 0.632. The molecule has 0 aliphatic carbocycles. The number of rotatable bonds is 8. The van der Waals surface area contributed by atoms with Crippen LogP contribution in [-0.2, 0) is 6.42 Å². The van der Waals surface area contributed by atoms with Gasteiger partial charge in [-0.05, 0) is 24.5 Å². The van der Waals surface area contributed by atoms with Gasteiger partial charge in [-0.1, -0.05) is 63.6 Å². The Morgan fingerprint density at radius 2 is 1.75 bits per heavy atom. The van der Waals surface area contributed by atoms with Gasteiger partial charge in [0.25, 0.3) is 0 Å². The number of unbranched alkanes of at least 4 members (excludes halogenated alkanes) is 6. The number of phenolic OH excluding ortho intramolecular Hbond substituents is 1. The van der Waals surface area contributed by atoms with Gasteiger partial charge in [-0.2, -0.15) is 0 Å². The first-order chi connectivity index (χ1) is 8.24. The average molecular weight is 221 g/mol.